The topological polar surface area (TPSA) is 213 Å². The molecule has 4 aromatic rings. The molecule has 0 bridgehead atoms. The Labute approximate surface area is 577 Å². The number of ketones is 6. The molecule has 0 saturated heterocycles. The van der Waals surface area contributed by atoms with Crippen molar-refractivity contribution in [1.29, 1.82) is 0 Å². The number of Topliss-reactive ketones (excluding diaryl/α,β-unsaturated/α-hetero) is 6. The van der Waals surface area contributed by atoms with E-state index in [-0.39, 0.29) is 113 Å². The van der Waals surface area contributed by atoms with E-state index in [1.54, 1.807) is 31.0 Å². The van der Waals surface area contributed by atoms with Crippen LogP contribution in [-0.4, -0.2) is 98.0 Å². The number of aromatic nitrogens is 3. The number of rotatable bonds is 30. The SMILES string of the molecule is CC(C)NC(C(=O)C(C)C)C1CCCC1.CC(C)NC(C(=O)C(C)C)C1CCCCC1.CC(C)NC(C(=O)C(C)C)c1ccccc1.CC(C)NC(C(=O)C(C)C)c1ccccn1.CC(C)NC(C(=O)C(C)C)c1cccnc1.CC(C)NC(C(=O)C(C)C)c1ccncc1. The molecule has 0 radical (unpaired) electrons. The van der Waals surface area contributed by atoms with Gasteiger partial charge in [-0.25, -0.2) is 0 Å². The molecular formula is C80H133N9O6. The lowest BCUT2D eigenvalue weighted by atomic mass is 9.80. The predicted molar refractivity (Wildman–Crippen MR) is 395 cm³/mol. The lowest BCUT2D eigenvalue weighted by Crippen LogP contribution is -2.48. The summed E-state index contributed by atoms with van der Waals surface area (Å²) in [6, 6.07) is 24.3. The van der Waals surface area contributed by atoms with Crippen LogP contribution in [0.3, 0.4) is 0 Å². The van der Waals surface area contributed by atoms with Gasteiger partial charge in [0.25, 0.3) is 0 Å². The molecule has 1 aromatic carbocycles. The zero-order chi connectivity index (χ0) is 72.1. The molecule has 15 heteroatoms. The fourth-order valence-electron chi connectivity index (χ4n) is 11.4. The molecular weight excluding hydrogens is 1180 g/mol. The summed E-state index contributed by atoms with van der Waals surface area (Å²) in [6.07, 6.45) is 20.1. The van der Waals surface area contributed by atoms with Crippen LogP contribution in [0, 0.1) is 47.3 Å². The third-order valence-corrected chi connectivity index (χ3v) is 16.4. The molecule has 0 aliphatic heterocycles. The standard InChI is InChI=1S/C14H27NO.C14H21NO.3C13H20N2O.C13H25NO/c2*1-10(2)14(16)13(15-11(3)4)12-8-6-5-7-9-12;1-9(2)13(16)12(15-10(3)4)11-5-7-14-8-6-11;1-9(2)13(16)12(15-10(3)4)11-6-5-7-14-8-11;1-9(2)13(16)12(15-10(3)4)11-7-5-6-8-14-11;1-9(2)13(15)12(14-10(3)4)11-7-5-6-8-11/h10-13,15H,5-9H2,1-4H3;5-11,13,15H,1-4H3;3*5-10,12,15H,1-4H3;9-12,14H,5-8H2,1-4H3. The quantitative estimate of drug-likeness (QED) is 0.0287. The molecule has 3 aromatic heterocycles. The minimum Gasteiger partial charge on any atom is -0.305 e. The second-order valence-corrected chi connectivity index (χ2v) is 29.6. The highest BCUT2D eigenvalue weighted by Gasteiger charge is 2.33. The Kier molecular flexibility index (Phi) is 43.6. The minimum absolute atomic E-state index is 0.0123. The van der Waals surface area contributed by atoms with Crippen molar-refractivity contribution in [2.75, 3.05) is 0 Å². The van der Waals surface area contributed by atoms with Gasteiger partial charge in [0, 0.05) is 103 Å². The van der Waals surface area contributed by atoms with E-state index in [0.717, 1.165) is 22.4 Å². The van der Waals surface area contributed by atoms with E-state index < -0.39 is 0 Å². The van der Waals surface area contributed by atoms with Crippen molar-refractivity contribution in [2.45, 2.75) is 296 Å². The first kappa shape index (κ1) is 87.5. The maximum Gasteiger partial charge on any atom is 0.158 e. The summed E-state index contributed by atoms with van der Waals surface area (Å²) in [4.78, 5) is 85.0. The fourth-order valence-corrected chi connectivity index (χ4v) is 11.4. The number of nitrogens with one attached hydrogen (secondary N) is 6. The maximum atomic E-state index is 12.2. The first-order valence-electron chi connectivity index (χ1n) is 36.2. The molecule has 0 spiro atoms. The molecule has 2 fully saturated rings. The van der Waals surface area contributed by atoms with Gasteiger partial charge in [-0.05, 0) is 140 Å². The van der Waals surface area contributed by atoms with Crippen molar-refractivity contribution in [1.82, 2.24) is 46.9 Å². The first-order chi connectivity index (χ1) is 44.6. The van der Waals surface area contributed by atoms with Gasteiger partial charge in [0.05, 0.1) is 35.9 Å². The van der Waals surface area contributed by atoms with Gasteiger partial charge in [0.1, 0.15) is 6.04 Å². The largest absolute Gasteiger partial charge is 0.305 e. The summed E-state index contributed by atoms with van der Waals surface area (Å²) in [5, 5.41) is 20.1. The van der Waals surface area contributed by atoms with Crippen LogP contribution in [0.4, 0.5) is 0 Å². The zero-order valence-corrected chi connectivity index (χ0v) is 63.5. The smallest absolute Gasteiger partial charge is 0.158 e. The number of carbonyl (C=O) groups excluding carboxylic acids is 6. The lowest BCUT2D eigenvalue weighted by molar-refractivity contribution is -0.126. The van der Waals surface area contributed by atoms with Crippen molar-refractivity contribution in [3.8, 4) is 0 Å². The number of nitrogens with zero attached hydrogens (tertiary/aromatic N) is 3. The first-order valence-corrected chi connectivity index (χ1v) is 36.2. The molecule has 95 heavy (non-hydrogen) atoms. The van der Waals surface area contributed by atoms with Crippen LogP contribution in [0.1, 0.15) is 271 Å². The summed E-state index contributed by atoms with van der Waals surface area (Å²) < 4.78 is 0. The van der Waals surface area contributed by atoms with Gasteiger partial charge in [0.2, 0.25) is 0 Å². The van der Waals surface area contributed by atoms with Gasteiger partial charge in [-0.15, -0.1) is 0 Å². The summed E-state index contributed by atoms with van der Waals surface area (Å²) in [5.41, 5.74) is 3.78. The summed E-state index contributed by atoms with van der Waals surface area (Å²) in [5.74, 6) is 3.26. The molecule has 0 amide bonds. The van der Waals surface area contributed by atoms with Gasteiger partial charge in [-0.1, -0.05) is 185 Å². The van der Waals surface area contributed by atoms with Crippen LogP contribution >= 0.6 is 0 Å². The van der Waals surface area contributed by atoms with Crippen LogP contribution in [0.15, 0.2) is 104 Å². The Morgan fingerprint density at radius 2 is 0.621 bits per heavy atom. The summed E-state index contributed by atoms with van der Waals surface area (Å²) in [6.45, 7) is 48.3. The van der Waals surface area contributed by atoms with E-state index in [0.29, 0.717) is 41.5 Å². The van der Waals surface area contributed by atoms with Crippen LogP contribution in [-0.2, 0) is 28.8 Å². The minimum atomic E-state index is -0.291. The number of pyridine rings is 3. The van der Waals surface area contributed by atoms with E-state index in [1.165, 1.54) is 57.8 Å². The average Bonchev–Trinajstić information content (AvgIpc) is 1.27. The normalized spacial score (nSPS) is 15.5. The number of hydrogen-bond donors (Lipinski definition) is 6. The van der Waals surface area contributed by atoms with Gasteiger partial charge >= 0.3 is 0 Å². The van der Waals surface area contributed by atoms with Gasteiger partial charge in [-0.3, -0.25) is 43.7 Å². The highest BCUT2D eigenvalue weighted by atomic mass is 16.2. The molecule has 2 aliphatic carbocycles. The Balaban J connectivity index is 0.000000570. The van der Waals surface area contributed by atoms with Crippen molar-refractivity contribution >= 4 is 34.7 Å². The zero-order valence-electron chi connectivity index (χ0n) is 63.5. The second kappa shape index (κ2) is 47.4. The van der Waals surface area contributed by atoms with Crippen LogP contribution in [0.2, 0.25) is 0 Å². The van der Waals surface area contributed by atoms with E-state index in [9.17, 15) is 28.8 Å². The third kappa shape index (κ3) is 35.0. The number of hydrogen-bond acceptors (Lipinski definition) is 15. The molecule has 6 unspecified atom stereocenters. The third-order valence-electron chi connectivity index (χ3n) is 16.4. The Hall–Kier alpha value is -5.55. The Bertz CT molecular complexity index is 2430. The number of benzene rings is 1. The van der Waals surface area contributed by atoms with Gasteiger partial charge in [0.15, 0.2) is 34.7 Å². The van der Waals surface area contributed by atoms with Crippen molar-refractivity contribution in [2.24, 2.45) is 47.3 Å². The molecule has 15 nitrogen and oxygen atoms in total. The Morgan fingerprint density at radius 1 is 0.305 bits per heavy atom. The average molecular weight is 1320 g/mol. The van der Waals surface area contributed by atoms with Gasteiger partial charge < -0.3 is 31.9 Å². The van der Waals surface area contributed by atoms with Crippen molar-refractivity contribution in [3.63, 3.8) is 0 Å². The highest BCUT2D eigenvalue weighted by Crippen LogP contribution is 2.31. The lowest BCUT2D eigenvalue weighted by Gasteiger charge is -2.32. The number of carbonyl (C=O) groups is 6. The highest BCUT2D eigenvalue weighted by molar-refractivity contribution is 5.89. The van der Waals surface area contributed by atoms with Crippen LogP contribution in [0.5, 0.6) is 0 Å². The molecule has 2 aliphatic rings. The van der Waals surface area contributed by atoms with E-state index in [1.807, 2.05) is 197 Å². The maximum absolute atomic E-state index is 12.2. The molecule has 6 rings (SSSR count). The van der Waals surface area contributed by atoms with Crippen molar-refractivity contribution < 1.29 is 28.8 Å². The van der Waals surface area contributed by atoms with Crippen molar-refractivity contribution in [3.05, 3.63) is 126 Å². The fraction of sp³-hybridized carbons (Fsp3) is 0.662. The Morgan fingerprint density at radius 3 is 0.947 bits per heavy atom. The summed E-state index contributed by atoms with van der Waals surface area (Å²) >= 11 is 0. The van der Waals surface area contributed by atoms with Crippen LogP contribution < -0.4 is 31.9 Å². The van der Waals surface area contributed by atoms with E-state index >= 15 is 0 Å². The monoisotopic (exact) mass is 1320 g/mol. The van der Waals surface area contributed by atoms with Crippen LogP contribution in [0.25, 0.3) is 0 Å². The van der Waals surface area contributed by atoms with E-state index in [4.69, 9.17) is 0 Å². The molecule has 6 N–H and O–H groups in total. The predicted octanol–water partition coefficient (Wildman–Crippen LogP) is 15.9. The molecule has 534 valence electrons. The molecule has 2 saturated carbocycles. The second-order valence-electron chi connectivity index (χ2n) is 29.6. The van der Waals surface area contributed by atoms with Gasteiger partial charge in [-0.2, -0.15) is 0 Å². The van der Waals surface area contributed by atoms with E-state index in [2.05, 4.69) is 88.4 Å². The molecule has 3 heterocycles. The summed E-state index contributed by atoms with van der Waals surface area (Å²) in [7, 11) is 0. The molecule has 6 atom stereocenters.